The quantitative estimate of drug-likeness (QED) is 0.428. The predicted octanol–water partition coefficient (Wildman–Crippen LogP) is 5.59. The SMILES string of the molecule is CC1=C(C(=O)Nc2ccccc2)C(c2cccs2)n2nc(-c3cccc(Cl)c3)nc2N1. The second kappa shape index (κ2) is 8.02. The van der Waals surface area contributed by atoms with Gasteiger partial charge in [-0.25, -0.2) is 4.68 Å². The Balaban J connectivity index is 1.58. The maximum Gasteiger partial charge on any atom is 0.255 e. The summed E-state index contributed by atoms with van der Waals surface area (Å²) in [6.45, 7) is 1.89. The highest BCUT2D eigenvalue weighted by Gasteiger charge is 2.35. The molecule has 0 radical (unpaired) electrons. The summed E-state index contributed by atoms with van der Waals surface area (Å²) in [6.07, 6.45) is 0. The molecule has 0 aliphatic carbocycles. The summed E-state index contributed by atoms with van der Waals surface area (Å²) in [5.41, 5.74) is 2.89. The number of fused-ring (bicyclic) bond motifs is 1. The smallest absolute Gasteiger partial charge is 0.255 e. The van der Waals surface area contributed by atoms with Crippen LogP contribution in [0.15, 0.2) is 83.4 Å². The minimum Gasteiger partial charge on any atom is -0.328 e. The number of benzene rings is 2. The van der Waals surface area contributed by atoms with E-state index in [1.165, 1.54) is 0 Å². The van der Waals surface area contributed by atoms with Gasteiger partial charge in [-0.15, -0.1) is 16.4 Å². The summed E-state index contributed by atoms with van der Waals surface area (Å²) in [5, 5.41) is 13.6. The van der Waals surface area contributed by atoms with Crippen molar-refractivity contribution < 1.29 is 4.79 Å². The van der Waals surface area contributed by atoms with Crippen molar-refractivity contribution >= 4 is 40.5 Å². The molecule has 0 saturated heterocycles. The fraction of sp³-hybridized carbons (Fsp3) is 0.0870. The van der Waals surface area contributed by atoms with Crippen LogP contribution >= 0.6 is 22.9 Å². The minimum atomic E-state index is -0.389. The van der Waals surface area contributed by atoms with Crippen molar-refractivity contribution in [2.75, 3.05) is 10.6 Å². The van der Waals surface area contributed by atoms with E-state index in [0.29, 0.717) is 22.4 Å². The Hall–Kier alpha value is -3.42. The van der Waals surface area contributed by atoms with Gasteiger partial charge in [-0.3, -0.25) is 4.79 Å². The molecule has 2 aromatic carbocycles. The number of hydrogen-bond donors (Lipinski definition) is 2. The van der Waals surface area contributed by atoms with Crippen LogP contribution in [0.3, 0.4) is 0 Å². The number of anilines is 2. The van der Waals surface area contributed by atoms with Gasteiger partial charge in [0, 0.05) is 26.8 Å². The number of aromatic nitrogens is 3. The number of halogens is 1. The van der Waals surface area contributed by atoms with Gasteiger partial charge in [0.15, 0.2) is 5.82 Å². The lowest BCUT2D eigenvalue weighted by Crippen LogP contribution is -2.31. The maximum atomic E-state index is 13.3. The lowest BCUT2D eigenvalue weighted by atomic mass is 10.0. The molecule has 1 aliphatic heterocycles. The molecule has 0 saturated carbocycles. The van der Waals surface area contributed by atoms with Crippen LogP contribution in [-0.2, 0) is 4.79 Å². The van der Waals surface area contributed by atoms with E-state index in [4.69, 9.17) is 16.7 Å². The van der Waals surface area contributed by atoms with Gasteiger partial charge in [-0.1, -0.05) is 48.0 Å². The Kier molecular flexibility index (Phi) is 5.05. The van der Waals surface area contributed by atoms with Gasteiger partial charge in [0.1, 0.15) is 6.04 Å². The van der Waals surface area contributed by atoms with Crippen molar-refractivity contribution in [3.63, 3.8) is 0 Å². The zero-order valence-electron chi connectivity index (χ0n) is 16.5. The van der Waals surface area contributed by atoms with Crippen LogP contribution in [0.4, 0.5) is 11.6 Å². The van der Waals surface area contributed by atoms with Gasteiger partial charge in [0.2, 0.25) is 5.95 Å². The first-order valence-electron chi connectivity index (χ1n) is 9.70. The fourth-order valence-corrected chi connectivity index (χ4v) is 4.63. The standard InChI is InChI=1S/C23H18ClN5OS/c1-14-19(22(30)26-17-9-3-2-4-10-17)20(18-11-6-12-31-18)29-23(25-14)27-21(28-29)15-7-5-8-16(24)13-15/h2-13,20H,1H3,(H,26,30)(H,25,27,28). The molecule has 0 spiro atoms. The largest absolute Gasteiger partial charge is 0.328 e. The van der Waals surface area contributed by atoms with Gasteiger partial charge in [0.05, 0.1) is 5.57 Å². The van der Waals surface area contributed by atoms with E-state index in [-0.39, 0.29) is 11.9 Å². The van der Waals surface area contributed by atoms with Crippen LogP contribution < -0.4 is 10.6 Å². The molecule has 1 amide bonds. The van der Waals surface area contributed by atoms with Crippen LogP contribution in [0.2, 0.25) is 5.02 Å². The zero-order valence-corrected chi connectivity index (χ0v) is 18.1. The molecule has 3 heterocycles. The summed E-state index contributed by atoms with van der Waals surface area (Å²) < 4.78 is 1.77. The molecule has 1 aliphatic rings. The highest BCUT2D eigenvalue weighted by molar-refractivity contribution is 7.10. The van der Waals surface area contributed by atoms with Crippen LogP contribution in [-0.4, -0.2) is 20.7 Å². The topological polar surface area (TPSA) is 71.8 Å². The number of para-hydroxylation sites is 1. The first-order valence-corrected chi connectivity index (χ1v) is 11.0. The highest BCUT2D eigenvalue weighted by atomic mass is 35.5. The van der Waals surface area contributed by atoms with Gasteiger partial charge in [-0.2, -0.15) is 4.98 Å². The van der Waals surface area contributed by atoms with Crippen LogP contribution in [0.1, 0.15) is 17.8 Å². The number of rotatable bonds is 4. The molecule has 2 aromatic heterocycles. The third-order valence-electron chi connectivity index (χ3n) is 5.02. The average Bonchev–Trinajstić information content (AvgIpc) is 3.43. The molecule has 4 aromatic rings. The number of hydrogen-bond acceptors (Lipinski definition) is 5. The Labute approximate surface area is 188 Å². The molecule has 0 fully saturated rings. The third-order valence-corrected chi connectivity index (χ3v) is 6.18. The summed E-state index contributed by atoms with van der Waals surface area (Å²) in [5.74, 6) is 0.950. The minimum absolute atomic E-state index is 0.181. The summed E-state index contributed by atoms with van der Waals surface area (Å²) in [7, 11) is 0. The van der Waals surface area contributed by atoms with Crippen molar-refractivity contribution in [2.24, 2.45) is 0 Å². The van der Waals surface area contributed by atoms with Crippen molar-refractivity contribution in [1.82, 2.24) is 14.8 Å². The van der Waals surface area contributed by atoms with Crippen LogP contribution in [0.5, 0.6) is 0 Å². The average molecular weight is 448 g/mol. The van der Waals surface area contributed by atoms with Crippen LogP contribution in [0, 0.1) is 0 Å². The van der Waals surface area contributed by atoms with Crippen molar-refractivity contribution in [2.45, 2.75) is 13.0 Å². The van der Waals surface area contributed by atoms with Crippen molar-refractivity contribution in [3.8, 4) is 11.4 Å². The van der Waals surface area contributed by atoms with Crippen molar-refractivity contribution in [3.05, 3.63) is 93.3 Å². The second-order valence-corrected chi connectivity index (χ2v) is 8.53. The number of nitrogens with one attached hydrogen (secondary N) is 2. The van der Waals surface area contributed by atoms with E-state index < -0.39 is 0 Å². The Bertz CT molecular complexity index is 1280. The number of carbonyl (C=O) groups excluding carboxylic acids is 1. The first-order chi connectivity index (χ1) is 15.1. The number of amides is 1. The van der Waals surface area contributed by atoms with Gasteiger partial charge >= 0.3 is 0 Å². The molecular weight excluding hydrogens is 430 g/mol. The number of carbonyl (C=O) groups is 1. The Morgan fingerprint density at radius 2 is 1.97 bits per heavy atom. The van der Waals surface area contributed by atoms with E-state index in [1.54, 1.807) is 16.0 Å². The molecule has 1 atom stereocenters. The van der Waals surface area contributed by atoms with Gasteiger partial charge in [-0.05, 0) is 42.6 Å². The Morgan fingerprint density at radius 1 is 1.13 bits per heavy atom. The molecule has 6 nitrogen and oxygen atoms in total. The molecular formula is C23H18ClN5OS. The Morgan fingerprint density at radius 3 is 2.71 bits per heavy atom. The summed E-state index contributed by atoms with van der Waals surface area (Å²) in [6, 6.07) is 20.4. The maximum absolute atomic E-state index is 13.3. The third kappa shape index (κ3) is 3.73. The van der Waals surface area contributed by atoms with E-state index >= 15 is 0 Å². The van der Waals surface area contributed by atoms with E-state index in [1.807, 2.05) is 79.0 Å². The normalized spacial score (nSPS) is 15.4. The number of nitrogens with zero attached hydrogens (tertiary/aromatic N) is 3. The first kappa shape index (κ1) is 19.5. The molecule has 8 heteroatoms. The molecule has 0 bridgehead atoms. The zero-order chi connectivity index (χ0) is 21.4. The van der Waals surface area contributed by atoms with Gasteiger partial charge in [0.25, 0.3) is 5.91 Å². The lowest BCUT2D eigenvalue weighted by molar-refractivity contribution is -0.113. The summed E-state index contributed by atoms with van der Waals surface area (Å²) in [4.78, 5) is 19.0. The second-order valence-electron chi connectivity index (χ2n) is 7.12. The van der Waals surface area contributed by atoms with E-state index in [9.17, 15) is 4.79 Å². The molecule has 2 N–H and O–H groups in total. The van der Waals surface area contributed by atoms with Crippen LogP contribution in [0.25, 0.3) is 11.4 Å². The fourth-order valence-electron chi connectivity index (χ4n) is 3.62. The molecule has 31 heavy (non-hydrogen) atoms. The summed E-state index contributed by atoms with van der Waals surface area (Å²) >= 11 is 7.74. The monoisotopic (exact) mass is 447 g/mol. The highest BCUT2D eigenvalue weighted by Crippen LogP contribution is 2.38. The molecule has 154 valence electrons. The molecule has 5 rings (SSSR count). The number of allylic oxidation sites excluding steroid dienone is 1. The van der Waals surface area contributed by atoms with Crippen molar-refractivity contribution in [1.29, 1.82) is 0 Å². The van der Waals surface area contributed by atoms with E-state index in [0.717, 1.165) is 21.8 Å². The number of thiophene rings is 1. The molecule has 1 unspecified atom stereocenters. The lowest BCUT2D eigenvalue weighted by Gasteiger charge is -2.27. The van der Waals surface area contributed by atoms with Gasteiger partial charge < -0.3 is 10.6 Å². The van der Waals surface area contributed by atoms with E-state index in [2.05, 4.69) is 15.6 Å². The predicted molar refractivity (Wildman–Crippen MR) is 124 cm³/mol.